The fourth-order valence-corrected chi connectivity index (χ4v) is 4.37. The molecule has 29 heavy (non-hydrogen) atoms. The van der Waals surface area contributed by atoms with Gasteiger partial charge in [-0.05, 0) is 47.0 Å². The number of carbonyl (C=O) groups excluding carboxylic acids is 1. The van der Waals surface area contributed by atoms with Crippen molar-refractivity contribution in [2.45, 2.75) is 18.4 Å². The van der Waals surface area contributed by atoms with E-state index in [1.165, 1.54) is 23.1 Å². The zero-order valence-electron chi connectivity index (χ0n) is 15.6. The van der Waals surface area contributed by atoms with Crippen LogP contribution in [-0.4, -0.2) is 16.6 Å². The highest BCUT2D eigenvalue weighted by atomic mass is 32.2. The van der Waals surface area contributed by atoms with Crippen LogP contribution >= 0.6 is 23.1 Å². The second-order valence-corrected chi connectivity index (χ2v) is 8.04. The lowest BCUT2D eigenvalue weighted by molar-refractivity contribution is -0.115. The molecule has 6 nitrogen and oxygen atoms in total. The number of hydrogen-bond donors (Lipinski definition) is 2. The summed E-state index contributed by atoms with van der Waals surface area (Å²) in [6, 6.07) is 13.6. The first-order valence-corrected chi connectivity index (χ1v) is 10.6. The summed E-state index contributed by atoms with van der Waals surface area (Å²) in [5.74, 6) is 0.383. The molecule has 3 N–H and O–H groups in total. The molecular formula is C21H17N5OS2. The van der Waals surface area contributed by atoms with Gasteiger partial charge in [0.1, 0.15) is 28.5 Å². The molecule has 3 aromatic rings. The van der Waals surface area contributed by atoms with E-state index in [4.69, 9.17) is 5.73 Å². The summed E-state index contributed by atoms with van der Waals surface area (Å²) in [6.45, 7) is 1.96. The van der Waals surface area contributed by atoms with Crippen LogP contribution < -0.4 is 11.1 Å². The molecule has 0 fully saturated rings. The van der Waals surface area contributed by atoms with Crippen LogP contribution in [0.15, 0.2) is 46.1 Å². The molecule has 0 atom stereocenters. The number of nitrogens with zero attached hydrogens (tertiary/aromatic N) is 3. The zero-order valence-corrected chi connectivity index (χ0v) is 17.2. The molecule has 0 aliphatic heterocycles. The molecule has 0 spiro atoms. The zero-order chi connectivity index (χ0) is 20.8. The van der Waals surface area contributed by atoms with Gasteiger partial charge in [-0.25, -0.2) is 4.98 Å². The number of nitriles is 2. The lowest BCUT2D eigenvalue weighted by atomic mass is 9.99. The molecule has 1 amide bonds. The molecule has 0 bridgehead atoms. The summed E-state index contributed by atoms with van der Waals surface area (Å²) in [4.78, 5) is 16.5. The minimum absolute atomic E-state index is 0.0828. The Morgan fingerprint density at radius 2 is 2.07 bits per heavy atom. The van der Waals surface area contributed by atoms with Crippen molar-refractivity contribution < 1.29 is 4.79 Å². The van der Waals surface area contributed by atoms with Crippen molar-refractivity contribution in [3.63, 3.8) is 0 Å². The first-order valence-electron chi connectivity index (χ1n) is 8.69. The second-order valence-electron chi connectivity index (χ2n) is 6.18. The third-order valence-corrected chi connectivity index (χ3v) is 5.76. The van der Waals surface area contributed by atoms with Crippen LogP contribution in [0.5, 0.6) is 0 Å². The summed E-state index contributed by atoms with van der Waals surface area (Å²) >= 11 is 2.75. The molecular weight excluding hydrogens is 402 g/mol. The SMILES string of the molecule is Cc1cccc(NC(=O)CCSc2nc(N)c(C#N)c(-c3ccsc3)c2C#N)c1. The van der Waals surface area contributed by atoms with E-state index in [9.17, 15) is 15.3 Å². The maximum absolute atomic E-state index is 12.2. The Morgan fingerprint density at radius 1 is 1.28 bits per heavy atom. The van der Waals surface area contributed by atoms with Gasteiger partial charge < -0.3 is 11.1 Å². The van der Waals surface area contributed by atoms with Crippen molar-refractivity contribution in [3.05, 3.63) is 57.8 Å². The summed E-state index contributed by atoms with van der Waals surface area (Å²) in [5, 5.41) is 26.2. The third-order valence-electron chi connectivity index (χ3n) is 4.10. The van der Waals surface area contributed by atoms with E-state index in [1.807, 2.05) is 48.0 Å². The van der Waals surface area contributed by atoms with E-state index in [0.29, 0.717) is 21.9 Å². The molecule has 0 radical (unpaired) electrons. The van der Waals surface area contributed by atoms with Gasteiger partial charge in [0.15, 0.2) is 0 Å². The van der Waals surface area contributed by atoms with Crippen LogP contribution in [0.25, 0.3) is 11.1 Å². The van der Waals surface area contributed by atoms with Crippen molar-refractivity contribution >= 4 is 40.5 Å². The van der Waals surface area contributed by atoms with Gasteiger partial charge in [-0.2, -0.15) is 21.9 Å². The lowest BCUT2D eigenvalue weighted by Crippen LogP contribution is -2.12. The standard InChI is InChI=1S/C21H17N5OS2/c1-13-3-2-4-15(9-13)25-18(27)6-8-29-21-17(11-23)19(14-5-7-28-12-14)16(10-22)20(24)26-21/h2-5,7,9,12H,6,8H2,1H3,(H2,24,26)(H,25,27). The number of carbonyl (C=O) groups is 1. The Bertz CT molecular complexity index is 1130. The van der Waals surface area contributed by atoms with Crippen LogP contribution in [0, 0.1) is 29.6 Å². The van der Waals surface area contributed by atoms with Gasteiger partial charge >= 0.3 is 0 Å². The normalized spacial score (nSPS) is 10.2. The smallest absolute Gasteiger partial charge is 0.225 e. The number of nitrogen functional groups attached to an aromatic ring is 1. The molecule has 0 unspecified atom stereocenters. The second kappa shape index (κ2) is 9.24. The molecule has 0 aliphatic carbocycles. The maximum atomic E-state index is 12.2. The van der Waals surface area contributed by atoms with E-state index < -0.39 is 0 Å². The largest absolute Gasteiger partial charge is 0.383 e. The number of amides is 1. The quantitative estimate of drug-likeness (QED) is 0.566. The van der Waals surface area contributed by atoms with Gasteiger partial charge in [-0.15, -0.1) is 11.8 Å². The number of pyridine rings is 1. The van der Waals surface area contributed by atoms with Gasteiger partial charge in [0, 0.05) is 23.4 Å². The lowest BCUT2D eigenvalue weighted by Gasteiger charge is -2.12. The van der Waals surface area contributed by atoms with Gasteiger partial charge in [-0.3, -0.25) is 4.79 Å². The number of aromatic nitrogens is 1. The molecule has 3 rings (SSSR count). The fraction of sp³-hybridized carbons (Fsp3) is 0.143. The topological polar surface area (TPSA) is 116 Å². The molecule has 2 aromatic heterocycles. The Kier molecular flexibility index (Phi) is 6.50. The van der Waals surface area contributed by atoms with Crippen LogP contribution in [0.3, 0.4) is 0 Å². The molecule has 1 aromatic carbocycles. The van der Waals surface area contributed by atoms with Crippen LogP contribution in [0.2, 0.25) is 0 Å². The summed E-state index contributed by atoms with van der Waals surface area (Å²) < 4.78 is 0. The van der Waals surface area contributed by atoms with E-state index in [-0.39, 0.29) is 23.7 Å². The summed E-state index contributed by atoms with van der Waals surface area (Å²) in [5.41, 5.74) is 9.55. The Morgan fingerprint density at radius 3 is 2.72 bits per heavy atom. The number of rotatable bonds is 6. The van der Waals surface area contributed by atoms with Crippen LogP contribution in [0.1, 0.15) is 23.1 Å². The Balaban J connectivity index is 1.77. The molecule has 144 valence electrons. The maximum Gasteiger partial charge on any atom is 0.225 e. The van der Waals surface area contributed by atoms with Crippen molar-refractivity contribution in [2.24, 2.45) is 0 Å². The number of hydrogen-bond acceptors (Lipinski definition) is 7. The van der Waals surface area contributed by atoms with Gasteiger partial charge in [0.2, 0.25) is 5.91 Å². The van der Waals surface area contributed by atoms with E-state index in [0.717, 1.165) is 16.8 Å². The van der Waals surface area contributed by atoms with Crippen molar-refractivity contribution in [2.75, 3.05) is 16.8 Å². The minimum atomic E-state index is -0.124. The average molecular weight is 420 g/mol. The molecule has 0 saturated heterocycles. The molecule has 8 heteroatoms. The first kappa shape index (κ1) is 20.4. The molecule has 2 heterocycles. The van der Waals surface area contributed by atoms with Crippen LogP contribution in [-0.2, 0) is 4.79 Å². The summed E-state index contributed by atoms with van der Waals surface area (Å²) in [7, 11) is 0. The van der Waals surface area contributed by atoms with Gasteiger partial charge in [0.05, 0.1) is 5.56 Å². The average Bonchev–Trinajstić information content (AvgIpc) is 3.22. The highest BCUT2D eigenvalue weighted by Crippen LogP contribution is 2.36. The fourth-order valence-electron chi connectivity index (χ4n) is 2.78. The number of nitrogens with two attached hydrogens (primary N) is 1. The van der Waals surface area contributed by atoms with Crippen molar-refractivity contribution in [1.82, 2.24) is 4.98 Å². The number of thioether (sulfide) groups is 1. The Labute approximate surface area is 177 Å². The number of nitrogens with one attached hydrogen (secondary N) is 1. The number of anilines is 2. The van der Waals surface area contributed by atoms with E-state index >= 15 is 0 Å². The highest BCUT2D eigenvalue weighted by Gasteiger charge is 2.20. The highest BCUT2D eigenvalue weighted by molar-refractivity contribution is 7.99. The van der Waals surface area contributed by atoms with Crippen molar-refractivity contribution in [1.29, 1.82) is 10.5 Å². The summed E-state index contributed by atoms with van der Waals surface area (Å²) in [6.07, 6.45) is 0.249. The molecule has 0 aliphatic rings. The van der Waals surface area contributed by atoms with Gasteiger partial charge in [0.25, 0.3) is 0 Å². The predicted octanol–water partition coefficient (Wildman–Crippen LogP) is 4.56. The number of thiophene rings is 1. The van der Waals surface area contributed by atoms with Crippen molar-refractivity contribution in [3.8, 4) is 23.3 Å². The monoisotopic (exact) mass is 419 g/mol. The number of benzene rings is 1. The first-order chi connectivity index (χ1) is 14.0. The van der Waals surface area contributed by atoms with E-state index in [1.54, 1.807) is 0 Å². The molecule has 0 saturated carbocycles. The van der Waals surface area contributed by atoms with Gasteiger partial charge in [-0.1, -0.05) is 12.1 Å². The third kappa shape index (κ3) is 4.75. The predicted molar refractivity (Wildman–Crippen MR) is 117 cm³/mol. The number of aryl methyl sites for hydroxylation is 1. The minimum Gasteiger partial charge on any atom is -0.383 e. The van der Waals surface area contributed by atoms with Crippen LogP contribution in [0.4, 0.5) is 11.5 Å². The Hall–Kier alpha value is -3.33. The van der Waals surface area contributed by atoms with E-state index in [2.05, 4.69) is 22.4 Å².